The van der Waals surface area contributed by atoms with Crippen LogP contribution in [0.25, 0.3) is 0 Å². The molecule has 0 atom stereocenters. The molecule has 0 saturated heterocycles. The Labute approximate surface area is 115 Å². The Morgan fingerprint density at radius 3 is 2.78 bits per heavy atom. The van der Waals surface area contributed by atoms with Gasteiger partial charge in [0.1, 0.15) is 15.7 Å². The van der Waals surface area contributed by atoms with Crippen molar-refractivity contribution in [2.45, 2.75) is 10.1 Å². The summed E-state index contributed by atoms with van der Waals surface area (Å²) in [6.45, 7) is 0. The smallest absolute Gasteiger partial charge is 0.190 e. The Morgan fingerprint density at radius 1 is 1.33 bits per heavy atom. The molecule has 0 radical (unpaired) electrons. The molecule has 2 rings (SSSR count). The van der Waals surface area contributed by atoms with Gasteiger partial charge in [-0.25, -0.2) is 15.0 Å². The number of amidine groups is 1. The van der Waals surface area contributed by atoms with E-state index in [1.54, 1.807) is 12.4 Å². The predicted octanol–water partition coefficient (Wildman–Crippen LogP) is 1.88. The quantitative estimate of drug-likeness (QED) is 0.387. The molecule has 0 aliphatic carbocycles. The summed E-state index contributed by atoms with van der Waals surface area (Å²) in [4.78, 5) is 12.4. The molecule has 2 aromatic rings. The molecule has 2 aromatic heterocycles. The van der Waals surface area contributed by atoms with Gasteiger partial charge >= 0.3 is 0 Å². The third-order valence-electron chi connectivity index (χ3n) is 1.92. The van der Waals surface area contributed by atoms with E-state index in [1.165, 1.54) is 18.0 Å². The monoisotopic (exact) mass is 325 g/mol. The lowest BCUT2D eigenvalue weighted by molar-refractivity contribution is 0.318. The number of hydrogen-bond acceptors (Lipinski definition) is 6. The van der Waals surface area contributed by atoms with Gasteiger partial charge < -0.3 is 10.9 Å². The van der Waals surface area contributed by atoms with E-state index in [4.69, 9.17) is 10.9 Å². The number of nitrogens with two attached hydrogens (primary N) is 1. The van der Waals surface area contributed by atoms with E-state index in [9.17, 15) is 0 Å². The van der Waals surface area contributed by atoms with Crippen LogP contribution < -0.4 is 5.73 Å². The van der Waals surface area contributed by atoms with Gasteiger partial charge in [-0.15, -0.1) is 0 Å². The summed E-state index contributed by atoms with van der Waals surface area (Å²) in [5, 5.41) is 12.8. The van der Waals surface area contributed by atoms with Crippen LogP contribution in [-0.4, -0.2) is 26.0 Å². The Hall–Kier alpha value is -1.67. The van der Waals surface area contributed by atoms with Crippen molar-refractivity contribution in [3.05, 3.63) is 40.9 Å². The number of pyridine rings is 1. The van der Waals surface area contributed by atoms with E-state index in [-0.39, 0.29) is 5.84 Å². The highest BCUT2D eigenvalue weighted by molar-refractivity contribution is 9.10. The standard InChI is InChI=1S/C10H8BrN5OS/c11-6-2-1-3-13-10(6)18-8-5-14-7(4-15-8)9(12)16-17/h1-5,17H,(H2,12,16). The van der Waals surface area contributed by atoms with Crippen LogP contribution in [0.2, 0.25) is 0 Å². The topological polar surface area (TPSA) is 97.3 Å². The summed E-state index contributed by atoms with van der Waals surface area (Å²) in [6, 6.07) is 3.73. The second kappa shape index (κ2) is 5.78. The van der Waals surface area contributed by atoms with Crippen LogP contribution in [0.1, 0.15) is 5.69 Å². The van der Waals surface area contributed by atoms with Crippen LogP contribution in [-0.2, 0) is 0 Å². The van der Waals surface area contributed by atoms with Crippen LogP contribution in [0.15, 0.2) is 50.4 Å². The number of halogens is 1. The van der Waals surface area contributed by atoms with E-state index in [2.05, 4.69) is 36.0 Å². The molecule has 0 unspecified atom stereocenters. The zero-order valence-electron chi connectivity index (χ0n) is 8.99. The van der Waals surface area contributed by atoms with E-state index in [0.29, 0.717) is 10.7 Å². The highest BCUT2D eigenvalue weighted by Gasteiger charge is 2.06. The number of nitrogens with zero attached hydrogens (tertiary/aromatic N) is 4. The van der Waals surface area contributed by atoms with Crippen LogP contribution >= 0.6 is 27.7 Å². The SMILES string of the molecule is NC(=NO)c1cnc(Sc2ncccc2Br)cn1. The minimum absolute atomic E-state index is 0.0712. The van der Waals surface area contributed by atoms with Crippen LogP contribution in [0.4, 0.5) is 0 Å². The third-order valence-corrected chi connectivity index (χ3v) is 3.77. The van der Waals surface area contributed by atoms with E-state index >= 15 is 0 Å². The molecule has 0 spiro atoms. The fourth-order valence-electron chi connectivity index (χ4n) is 1.10. The molecule has 0 saturated carbocycles. The molecular formula is C10H8BrN5OS. The van der Waals surface area contributed by atoms with Crippen molar-refractivity contribution in [1.82, 2.24) is 15.0 Å². The zero-order chi connectivity index (χ0) is 13.0. The molecule has 0 amide bonds. The van der Waals surface area contributed by atoms with Gasteiger partial charge in [0.2, 0.25) is 0 Å². The minimum atomic E-state index is -0.0712. The first kappa shape index (κ1) is 12.8. The lowest BCUT2D eigenvalue weighted by atomic mass is 10.4. The van der Waals surface area contributed by atoms with Crippen molar-refractivity contribution in [3.8, 4) is 0 Å². The summed E-state index contributed by atoms with van der Waals surface area (Å²) < 4.78 is 0.886. The van der Waals surface area contributed by atoms with Crippen molar-refractivity contribution in [2.24, 2.45) is 10.9 Å². The van der Waals surface area contributed by atoms with Gasteiger partial charge in [0, 0.05) is 6.20 Å². The molecule has 2 heterocycles. The second-order valence-electron chi connectivity index (χ2n) is 3.12. The third kappa shape index (κ3) is 2.96. The van der Waals surface area contributed by atoms with Gasteiger partial charge in [-0.05, 0) is 39.8 Å². The summed E-state index contributed by atoms with van der Waals surface area (Å²) in [7, 11) is 0. The van der Waals surface area contributed by atoms with Crippen molar-refractivity contribution >= 4 is 33.5 Å². The maximum atomic E-state index is 8.50. The summed E-state index contributed by atoms with van der Waals surface area (Å²) in [5.74, 6) is -0.0712. The maximum Gasteiger partial charge on any atom is 0.190 e. The Bertz CT molecular complexity index is 575. The summed E-state index contributed by atoms with van der Waals surface area (Å²) in [5.41, 5.74) is 5.71. The van der Waals surface area contributed by atoms with E-state index in [1.807, 2.05) is 12.1 Å². The number of aromatic nitrogens is 3. The molecule has 0 bridgehead atoms. The Kier molecular flexibility index (Phi) is 4.11. The first-order valence-corrected chi connectivity index (χ1v) is 6.40. The Balaban J connectivity index is 2.19. The summed E-state index contributed by atoms with van der Waals surface area (Å²) >= 11 is 4.77. The van der Waals surface area contributed by atoms with Gasteiger partial charge in [-0.2, -0.15) is 0 Å². The normalized spacial score (nSPS) is 11.5. The van der Waals surface area contributed by atoms with Crippen molar-refractivity contribution in [1.29, 1.82) is 0 Å². The Morgan fingerprint density at radius 2 is 2.17 bits per heavy atom. The van der Waals surface area contributed by atoms with E-state index in [0.717, 1.165) is 9.50 Å². The van der Waals surface area contributed by atoms with E-state index < -0.39 is 0 Å². The molecule has 0 aliphatic heterocycles. The average Bonchev–Trinajstić information content (AvgIpc) is 2.41. The van der Waals surface area contributed by atoms with Crippen molar-refractivity contribution in [2.75, 3.05) is 0 Å². The van der Waals surface area contributed by atoms with Gasteiger partial charge in [-0.1, -0.05) is 5.16 Å². The largest absolute Gasteiger partial charge is 0.409 e. The number of hydrogen-bond donors (Lipinski definition) is 2. The molecule has 92 valence electrons. The van der Waals surface area contributed by atoms with Gasteiger partial charge in [-0.3, -0.25) is 0 Å². The molecule has 6 nitrogen and oxygen atoms in total. The van der Waals surface area contributed by atoms with Crippen LogP contribution in [0.3, 0.4) is 0 Å². The highest BCUT2D eigenvalue weighted by Crippen LogP contribution is 2.29. The minimum Gasteiger partial charge on any atom is -0.409 e. The molecular weight excluding hydrogens is 318 g/mol. The molecule has 3 N–H and O–H groups in total. The average molecular weight is 326 g/mol. The lowest BCUT2D eigenvalue weighted by Gasteiger charge is -2.02. The highest BCUT2D eigenvalue weighted by atomic mass is 79.9. The van der Waals surface area contributed by atoms with Crippen molar-refractivity contribution in [3.63, 3.8) is 0 Å². The van der Waals surface area contributed by atoms with Crippen molar-refractivity contribution < 1.29 is 5.21 Å². The van der Waals surface area contributed by atoms with Crippen LogP contribution in [0, 0.1) is 0 Å². The fraction of sp³-hybridized carbons (Fsp3) is 0. The first-order valence-electron chi connectivity index (χ1n) is 4.79. The lowest BCUT2D eigenvalue weighted by Crippen LogP contribution is -2.15. The summed E-state index contributed by atoms with van der Waals surface area (Å²) in [6.07, 6.45) is 4.68. The number of oxime groups is 1. The number of rotatable bonds is 3. The molecule has 0 aliphatic rings. The molecule has 8 heteroatoms. The second-order valence-corrected chi connectivity index (χ2v) is 4.98. The molecule has 0 fully saturated rings. The van der Waals surface area contributed by atoms with Gasteiger partial charge in [0.05, 0.1) is 16.9 Å². The van der Waals surface area contributed by atoms with Gasteiger partial charge in [0.15, 0.2) is 5.84 Å². The van der Waals surface area contributed by atoms with Crippen LogP contribution in [0.5, 0.6) is 0 Å². The molecule has 0 aromatic carbocycles. The fourth-order valence-corrected chi connectivity index (χ4v) is 2.28. The first-order chi connectivity index (χ1) is 8.70. The zero-order valence-corrected chi connectivity index (χ0v) is 11.4. The van der Waals surface area contributed by atoms with Gasteiger partial charge in [0.25, 0.3) is 0 Å². The molecule has 18 heavy (non-hydrogen) atoms. The predicted molar refractivity (Wildman–Crippen MR) is 70.6 cm³/mol. The maximum absolute atomic E-state index is 8.50.